The first-order chi connectivity index (χ1) is 13.0. The molecule has 6 heteroatoms. The van der Waals surface area contributed by atoms with Gasteiger partial charge in [-0.1, -0.05) is 55.2 Å². The number of amides is 1. The van der Waals surface area contributed by atoms with E-state index in [-0.39, 0.29) is 5.91 Å². The smallest absolute Gasteiger partial charge is 0.270 e. The average molecular weight is 400 g/mol. The Bertz CT molecular complexity index is 937. The van der Waals surface area contributed by atoms with E-state index >= 15 is 0 Å². The van der Waals surface area contributed by atoms with Crippen molar-refractivity contribution in [2.45, 2.75) is 20.3 Å². The molecule has 1 aliphatic rings. The third kappa shape index (κ3) is 3.73. The van der Waals surface area contributed by atoms with Crippen molar-refractivity contribution < 1.29 is 14.3 Å². The normalized spacial score (nSPS) is 15.6. The van der Waals surface area contributed by atoms with E-state index in [4.69, 9.17) is 21.7 Å². The van der Waals surface area contributed by atoms with Crippen molar-refractivity contribution in [2.75, 3.05) is 19.1 Å². The minimum absolute atomic E-state index is 0.0937. The summed E-state index contributed by atoms with van der Waals surface area (Å²) in [5.41, 5.74) is 3.91. The van der Waals surface area contributed by atoms with Crippen LogP contribution in [0.1, 0.15) is 23.6 Å². The Labute approximate surface area is 169 Å². The van der Waals surface area contributed by atoms with Crippen LogP contribution in [0.4, 0.5) is 5.69 Å². The SMILES string of the molecule is CCc1cccc(C)c1N1C(=O)C(=Cc2ccc(OC)c(OC)c2)SC1=S. The molecule has 27 heavy (non-hydrogen) atoms. The Kier molecular flexibility index (Phi) is 5.87. The van der Waals surface area contributed by atoms with Gasteiger partial charge in [-0.3, -0.25) is 9.69 Å². The molecule has 0 unspecified atom stereocenters. The molecule has 0 bridgehead atoms. The van der Waals surface area contributed by atoms with Crippen LogP contribution in [0, 0.1) is 6.92 Å². The Morgan fingerprint density at radius 1 is 1.15 bits per heavy atom. The molecule has 2 aromatic carbocycles. The van der Waals surface area contributed by atoms with Crippen LogP contribution in [0.5, 0.6) is 11.5 Å². The molecule has 140 valence electrons. The first kappa shape index (κ1) is 19.5. The number of thioether (sulfide) groups is 1. The van der Waals surface area contributed by atoms with E-state index in [9.17, 15) is 4.79 Å². The summed E-state index contributed by atoms with van der Waals surface area (Å²) in [6.07, 6.45) is 2.67. The Balaban J connectivity index is 1.99. The number of aryl methyl sites for hydroxylation is 2. The number of thiocarbonyl (C=S) groups is 1. The third-order valence-corrected chi connectivity index (χ3v) is 5.73. The van der Waals surface area contributed by atoms with E-state index in [1.165, 1.54) is 11.8 Å². The van der Waals surface area contributed by atoms with Gasteiger partial charge in [0.25, 0.3) is 5.91 Å². The number of benzene rings is 2. The number of methoxy groups -OCH3 is 2. The van der Waals surface area contributed by atoms with Crippen LogP contribution in [-0.2, 0) is 11.2 Å². The fourth-order valence-corrected chi connectivity index (χ4v) is 4.35. The van der Waals surface area contributed by atoms with Crippen LogP contribution in [0.3, 0.4) is 0 Å². The summed E-state index contributed by atoms with van der Waals surface area (Å²) in [5.74, 6) is 1.17. The van der Waals surface area contributed by atoms with Crippen molar-refractivity contribution in [1.82, 2.24) is 0 Å². The minimum atomic E-state index is -0.0937. The van der Waals surface area contributed by atoms with E-state index in [0.29, 0.717) is 20.7 Å². The van der Waals surface area contributed by atoms with Gasteiger partial charge in [0, 0.05) is 0 Å². The molecule has 0 saturated carbocycles. The van der Waals surface area contributed by atoms with E-state index in [1.807, 2.05) is 49.4 Å². The minimum Gasteiger partial charge on any atom is -0.493 e. The van der Waals surface area contributed by atoms with Gasteiger partial charge in [-0.2, -0.15) is 0 Å². The van der Waals surface area contributed by atoms with Gasteiger partial charge in [-0.25, -0.2) is 0 Å². The van der Waals surface area contributed by atoms with Crippen molar-refractivity contribution >= 4 is 46.0 Å². The van der Waals surface area contributed by atoms with Gasteiger partial charge in [-0.15, -0.1) is 0 Å². The number of carbonyl (C=O) groups excluding carboxylic acids is 1. The number of ether oxygens (including phenoxy) is 2. The second-order valence-electron chi connectivity index (χ2n) is 6.07. The van der Waals surface area contributed by atoms with E-state index in [2.05, 4.69) is 6.92 Å². The maximum atomic E-state index is 13.1. The lowest BCUT2D eigenvalue weighted by atomic mass is 10.0. The molecule has 4 nitrogen and oxygen atoms in total. The number of anilines is 1. The zero-order valence-corrected chi connectivity index (χ0v) is 17.4. The highest BCUT2D eigenvalue weighted by molar-refractivity contribution is 8.27. The van der Waals surface area contributed by atoms with Gasteiger partial charge < -0.3 is 9.47 Å². The molecule has 2 aromatic rings. The number of para-hydroxylation sites is 1. The molecular weight excluding hydrogens is 378 g/mol. The monoisotopic (exact) mass is 399 g/mol. The molecule has 0 radical (unpaired) electrons. The fourth-order valence-electron chi connectivity index (χ4n) is 3.08. The molecule has 3 rings (SSSR count). The van der Waals surface area contributed by atoms with Crippen LogP contribution in [0.25, 0.3) is 6.08 Å². The number of hydrogen-bond donors (Lipinski definition) is 0. The molecule has 0 aliphatic carbocycles. The van der Waals surface area contributed by atoms with Gasteiger partial charge in [0.15, 0.2) is 15.8 Å². The van der Waals surface area contributed by atoms with Crippen LogP contribution >= 0.6 is 24.0 Å². The molecule has 0 N–H and O–H groups in total. The quantitative estimate of drug-likeness (QED) is 0.524. The molecule has 1 amide bonds. The van der Waals surface area contributed by atoms with E-state index in [0.717, 1.165) is 28.8 Å². The average Bonchev–Trinajstić information content (AvgIpc) is 2.94. The largest absolute Gasteiger partial charge is 0.493 e. The van der Waals surface area contributed by atoms with Crippen molar-refractivity contribution in [3.63, 3.8) is 0 Å². The molecule has 0 atom stereocenters. The lowest BCUT2D eigenvalue weighted by Crippen LogP contribution is -2.29. The predicted octanol–water partition coefficient (Wildman–Crippen LogP) is 4.98. The first-order valence-corrected chi connectivity index (χ1v) is 9.81. The zero-order chi connectivity index (χ0) is 19.6. The van der Waals surface area contributed by atoms with Crippen LogP contribution in [-0.4, -0.2) is 24.4 Å². The van der Waals surface area contributed by atoms with Gasteiger partial charge in [-0.05, 0) is 48.2 Å². The number of hydrogen-bond acceptors (Lipinski definition) is 5. The van der Waals surface area contributed by atoms with Gasteiger partial charge in [0.1, 0.15) is 0 Å². The van der Waals surface area contributed by atoms with Gasteiger partial charge >= 0.3 is 0 Å². The van der Waals surface area contributed by atoms with Crippen LogP contribution in [0.2, 0.25) is 0 Å². The highest BCUT2D eigenvalue weighted by Gasteiger charge is 2.35. The Morgan fingerprint density at radius 3 is 2.56 bits per heavy atom. The highest BCUT2D eigenvalue weighted by atomic mass is 32.2. The third-order valence-electron chi connectivity index (χ3n) is 4.42. The maximum Gasteiger partial charge on any atom is 0.270 e. The molecule has 1 fully saturated rings. The summed E-state index contributed by atoms with van der Waals surface area (Å²) in [5, 5.41) is 0. The molecule has 1 aliphatic heterocycles. The summed E-state index contributed by atoms with van der Waals surface area (Å²) >= 11 is 6.85. The zero-order valence-electron chi connectivity index (χ0n) is 15.7. The Morgan fingerprint density at radius 2 is 1.89 bits per heavy atom. The summed E-state index contributed by atoms with van der Waals surface area (Å²) in [6.45, 7) is 4.08. The lowest BCUT2D eigenvalue weighted by molar-refractivity contribution is -0.113. The number of nitrogens with zero attached hydrogens (tertiary/aromatic N) is 1. The van der Waals surface area contributed by atoms with Crippen molar-refractivity contribution in [3.8, 4) is 11.5 Å². The van der Waals surface area contributed by atoms with Crippen LogP contribution < -0.4 is 14.4 Å². The summed E-state index contributed by atoms with van der Waals surface area (Å²) in [4.78, 5) is 15.4. The standard InChI is InChI=1S/C21H21NO3S2/c1-5-15-8-6-7-13(2)19(15)22-20(23)18(27-21(22)26)12-14-9-10-16(24-3)17(11-14)25-4/h6-12H,5H2,1-4H3. The second kappa shape index (κ2) is 8.15. The summed E-state index contributed by atoms with van der Waals surface area (Å²) in [6, 6.07) is 11.6. The van der Waals surface area contributed by atoms with E-state index < -0.39 is 0 Å². The van der Waals surface area contributed by atoms with Crippen molar-refractivity contribution in [2.24, 2.45) is 0 Å². The van der Waals surface area contributed by atoms with Crippen molar-refractivity contribution in [1.29, 1.82) is 0 Å². The van der Waals surface area contributed by atoms with E-state index in [1.54, 1.807) is 19.1 Å². The Hall–Kier alpha value is -2.31. The molecule has 0 aromatic heterocycles. The first-order valence-electron chi connectivity index (χ1n) is 8.58. The second-order valence-corrected chi connectivity index (χ2v) is 7.74. The summed E-state index contributed by atoms with van der Waals surface area (Å²) in [7, 11) is 3.18. The topological polar surface area (TPSA) is 38.8 Å². The molecule has 1 saturated heterocycles. The fraction of sp³-hybridized carbons (Fsp3) is 0.238. The van der Waals surface area contributed by atoms with Gasteiger partial charge in [0.05, 0.1) is 24.8 Å². The number of rotatable bonds is 5. The van der Waals surface area contributed by atoms with Crippen molar-refractivity contribution in [3.05, 3.63) is 58.0 Å². The maximum absolute atomic E-state index is 13.1. The van der Waals surface area contributed by atoms with Crippen LogP contribution in [0.15, 0.2) is 41.3 Å². The summed E-state index contributed by atoms with van der Waals surface area (Å²) < 4.78 is 11.2. The van der Waals surface area contributed by atoms with Gasteiger partial charge in [0.2, 0.25) is 0 Å². The molecule has 0 spiro atoms. The number of carbonyl (C=O) groups is 1. The highest BCUT2D eigenvalue weighted by Crippen LogP contribution is 2.39. The lowest BCUT2D eigenvalue weighted by Gasteiger charge is -2.20. The molecule has 1 heterocycles. The predicted molar refractivity (Wildman–Crippen MR) is 116 cm³/mol. The molecular formula is C21H21NO3S2.